The standard InChI is InChI=1S/C26H33ClN2O2/c1-3-24(26(31)28-22-14-5-4-6-15-22)29(18-21-13-9-10-16-23(21)27)25(30)17-20-12-8-7-11-19(20)2/h7-13,16,22,24H,3-6,14-15,17-18H2,1-2H3,(H,28,31)/t24-/m1/s1. The van der Waals surface area contributed by atoms with Gasteiger partial charge in [0.05, 0.1) is 6.42 Å². The topological polar surface area (TPSA) is 49.4 Å². The molecule has 0 spiro atoms. The summed E-state index contributed by atoms with van der Waals surface area (Å²) < 4.78 is 0. The van der Waals surface area contributed by atoms with E-state index in [0.29, 0.717) is 18.0 Å². The molecule has 0 heterocycles. The van der Waals surface area contributed by atoms with Crippen LogP contribution in [0.25, 0.3) is 0 Å². The normalized spacial score (nSPS) is 15.3. The van der Waals surface area contributed by atoms with Gasteiger partial charge in [0, 0.05) is 17.6 Å². The third-order valence-electron chi connectivity index (χ3n) is 6.24. The fourth-order valence-electron chi connectivity index (χ4n) is 4.35. The van der Waals surface area contributed by atoms with Gasteiger partial charge in [-0.1, -0.05) is 80.3 Å². The molecule has 0 bridgehead atoms. The van der Waals surface area contributed by atoms with Crippen LogP contribution in [0, 0.1) is 6.92 Å². The van der Waals surface area contributed by atoms with Gasteiger partial charge >= 0.3 is 0 Å². The third-order valence-corrected chi connectivity index (χ3v) is 6.61. The maximum Gasteiger partial charge on any atom is 0.243 e. The fraction of sp³-hybridized carbons (Fsp3) is 0.462. The zero-order chi connectivity index (χ0) is 22.2. The zero-order valence-electron chi connectivity index (χ0n) is 18.6. The first-order valence-corrected chi connectivity index (χ1v) is 11.7. The van der Waals surface area contributed by atoms with Gasteiger partial charge in [-0.2, -0.15) is 0 Å². The molecule has 1 atom stereocenters. The molecular weight excluding hydrogens is 408 g/mol. The Morgan fingerprint density at radius 1 is 1.03 bits per heavy atom. The summed E-state index contributed by atoms with van der Waals surface area (Å²) in [5, 5.41) is 3.82. The van der Waals surface area contributed by atoms with Crippen LogP contribution in [0.1, 0.15) is 62.1 Å². The number of aryl methyl sites for hydroxylation is 1. The Kier molecular flexibility index (Phi) is 8.53. The lowest BCUT2D eigenvalue weighted by Crippen LogP contribution is -2.52. The van der Waals surface area contributed by atoms with Gasteiger partial charge in [-0.3, -0.25) is 9.59 Å². The van der Waals surface area contributed by atoms with Crippen LogP contribution >= 0.6 is 11.6 Å². The van der Waals surface area contributed by atoms with Crippen LogP contribution < -0.4 is 5.32 Å². The lowest BCUT2D eigenvalue weighted by atomic mass is 9.95. The number of amides is 2. The maximum atomic E-state index is 13.5. The molecule has 166 valence electrons. The van der Waals surface area contributed by atoms with Crippen LogP contribution in [-0.2, 0) is 22.6 Å². The molecule has 0 unspecified atom stereocenters. The minimum absolute atomic E-state index is 0.0557. The summed E-state index contributed by atoms with van der Waals surface area (Å²) >= 11 is 6.40. The number of nitrogens with one attached hydrogen (secondary N) is 1. The number of carbonyl (C=O) groups is 2. The predicted molar refractivity (Wildman–Crippen MR) is 126 cm³/mol. The first kappa shape index (κ1) is 23.3. The minimum Gasteiger partial charge on any atom is -0.352 e. The second kappa shape index (κ2) is 11.3. The Labute approximate surface area is 191 Å². The van der Waals surface area contributed by atoms with E-state index in [1.165, 1.54) is 6.42 Å². The van der Waals surface area contributed by atoms with E-state index in [9.17, 15) is 9.59 Å². The molecule has 1 N–H and O–H groups in total. The molecule has 2 aromatic carbocycles. The van der Waals surface area contributed by atoms with Gasteiger partial charge in [0.1, 0.15) is 6.04 Å². The van der Waals surface area contributed by atoms with Crippen molar-refractivity contribution in [3.63, 3.8) is 0 Å². The van der Waals surface area contributed by atoms with E-state index >= 15 is 0 Å². The summed E-state index contributed by atoms with van der Waals surface area (Å²) in [7, 11) is 0. The number of hydrogen-bond donors (Lipinski definition) is 1. The van der Waals surface area contributed by atoms with Crippen molar-refractivity contribution in [3.05, 3.63) is 70.2 Å². The molecule has 1 aliphatic carbocycles. The number of carbonyl (C=O) groups excluding carboxylic acids is 2. The summed E-state index contributed by atoms with van der Waals surface area (Å²) in [5.41, 5.74) is 2.92. The van der Waals surface area contributed by atoms with Crippen molar-refractivity contribution in [2.75, 3.05) is 0 Å². The van der Waals surface area contributed by atoms with Gasteiger partial charge in [0.25, 0.3) is 0 Å². The Bertz CT molecular complexity index is 892. The third kappa shape index (κ3) is 6.33. The summed E-state index contributed by atoms with van der Waals surface area (Å²) in [5.74, 6) is -0.112. The van der Waals surface area contributed by atoms with E-state index in [2.05, 4.69) is 5.32 Å². The van der Waals surface area contributed by atoms with Crippen LogP contribution in [0.3, 0.4) is 0 Å². The summed E-state index contributed by atoms with van der Waals surface area (Å²) in [6.45, 7) is 4.29. The van der Waals surface area contributed by atoms with Crippen LogP contribution in [-0.4, -0.2) is 28.8 Å². The molecule has 0 aromatic heterocycles. The van der Waals surface area contributed by atoms with Crippen molar-refractivity contribution < 1.29 is 9.59 Å². The van der Waals surface area contributed by atoms with Crippen LogP contribution in [0.5, 0.6) is 0 Å². The highest BCUT2D eigenvalue weighted by molar-refractivity contribution is 6.31. The number of hydrogen-bond acceptors (Lipinski definition) is 2. The molecule has 31 heavy (non-hydrogen) atoms. The van der Waals surface area contributed by atoms with Gasteiger partial charge in [-0.15, -0.1) is 0 Å². The lowest BCUT2D eigenvalue weighted by molar-refractivity contribution is -0.141. The highest BCUT2D eigenvalue weighted by atomic mass is 35.5. The fourth-order valence-corrected chi connectivity index (χ4v) is 4.54. The smallest absolute Gasteiger partial charge is 0.243 e. The first-order chi connectivity index (χ1) is 15.0. The van der Waals surface area contributed by atoms with Gasteiger partial charge in [0.15, 0.2) is 0 Å². The molecule has 0 saturated heterocycles. The highest BCUT2D eigenvalue weighted by Gasteiger charge is 2.30. The second-order valence-electron chi connectivity index (χ2n) is 8.48. The Morgan fingerprint density at radius 2 is 1.68 bits per heavy atom. The number of rotatable bonds is 8. The average Bonchev–Trinajstić information content (AvgIpc) is 2.77. The Balaban J connectivity index is 1.83. The molecule has 4 nitrogen and oxygen atoms in total. The lowest BCUT2D eigenvalue weighted by Gasteiger charge is -2.33. The Hall–Kier alpha value is -2.33. The quantitative estimate of drug-likeness (QED) is 0.593. The Morgan fingerprint density at radius 3 is 2.32 bits per heavy atom. The molecule has 1 saturated carbocycles. The predicted octanol–water partition coefficient (Wildman–Crippen LogP) is 5.45. The summed E-state index contributed by atoms with van der Waals surface area (Å²) in [6.07, 6.45) is 6.40. The van der Waals surface area contributed by atoms with Crippen LogP contribution in [0.15, 0.2) is 48.5 Å². The number of halogens is 1. The van der Waals surface area contributed by atoms with Gasteiger partial charge in [-0.05, 0) is 48.9 Å². The molecule has 2 amide bonds. The molecular formula is C26H33ClN2O2. The van der Waals surface area contributed by atoms with E-state index in [1.54, 1.807) is 4.90 Å². The number of nitrogens with zero attached hydrogens (tertiary/aromatic N) is 1. The van der Waals surface area contributed by atoms with Crippen molar-refractivity contribution in [2.45, 2.75) is 77.4 Å². The van der Waals surface area contributed by atoms with Gasteiger partial charge < -0.3 is 10.2 Å². The van der Waals surface area contributed by atoms with Crippen molar-refractivity contribution in [1.29, 1.82) is 0 Å². The largest absolute Gasteiger partial charge is 0.352 e. The molecule has 0 aliphatic heterocycles. The summed E-state index contributed by atoms with van der Waals surface area (Å²) in [4.78, 5) is 28.4. The van der Waals surface area contributed by atoms with E-state index in [1.807, 2.05) is 62.4 Å². The molecule has 5 heteroatoms. The van der Waals surface area contributed by atoms with E-state index < -0.39 is 6.04 Å². The SMILES string of the molecule is CC[C@H](C(=O)NC1CCCCC1)N(Cc1ccccc1Cl)C(=O)Cc1ccccc1C. The first-order valence-electron chi connectivity index (χ1n) is 11.4. The molecule has 1 fully saturated rings. The molecule has 3 rings (SSSR count). The van der Waals surface area contributed by atoms with Crippen LogP contribution in [0.4, 0.5) is 0 Å². The average molecular weight is 441 g/mol. The van der Waals surface area contributed by atoms with Crippen molar-refractivity contribution in [2.24, 2.45) is 0 Å². The van der Waals surface area contributed by atoms with Crippen molar-refractivity contribution in [3.8, 4) is 0 Å². The molecule has 0 radical (unpaired) electrons. The molecule has 1 aliphatic rings. The zero-order valence-corrected chi connectivity index (χ0v) is 19.3. The van der Waals surface area contributed by atoms with Gasteiger partial charge in [0.2, 0.25) is 11.8 Å². The molecule has 2 aromatic rings. The maximum absolute atomic E-state index is 13.5. The second-order valence-corrected chi connectivity index (χ2v) is 8.89. The summed E-state index contributed by atoms with van der Waals surface area (Å²) in [6, 6.07) is 15.1. The van der Waals surface area contributed by atoms with E-state index in [0.717, 1.165) is 42.4 Å². The van der Waals surface area contributed by atoms with E-state index in [4.69, 9.17) is 11.6 Å². The minimum atomic E-state index is -0.519. The number of benzene rings is 2. The van der Waals surface area contributed by atoms with Crippen molar-refractivity contribution in [1.82, 2.24) is 10.2 Å². The van der Waals surface area contributed by atoms with Crippen molar-refractivity contribution >= 4 is 23.4 Å². The van der Waals surface area contributed by atoms with Crippen LogP contribution in [0.2, 0.25) is 5.02 Å². The van der Waals surface area contributed by atoms with Gasteiger partial charge in [-0.25, -0.2) is 0 Å². The van der Waals surface area contributed by atoms with E-state index in [-0.39, 0.29) is 24.3 Å². The monoisotopic (exact) mass is 440 g/mol. The highest BCUT2D eigenvalue weighted by Crippen LogP contribution is 2.22.